The van der Waals surface area contributed by atoms with Crippen LogP contribution in [-0.4, -0.2) is 41.5 Å². The number of hydrogen-bond donors (Lipinski definition) is 1. The van der Waals surface area contributed by atoms with Crippen LogP contribution in [0.25, 0.3) is 5.69 Å². The van der Waals surface area contributed by atoms with Gasteiger partial charge in [0.25, 0.3) is 0 Å². The van der Waals surface area contributed by atoms with Gasteiger partial charge in [-0.25, -0.2) is 13.1 Å². The quantitative estimate of drug-likeness (QED) is 0.578. The van der Waals surface area contributed by atoms with Gasteiger partial charge in [0, 0.05) is 31.4 Å². The number of halogens is 3. The summed E-state index contributed by atoms with van der Waals surface area (Å²) >= 11 is 0. The third kappa shape index (κ3) is 5.00. The van der Waals surface area contributed by atoms with Crippen molar-refractivity contribution in [2.24, 2.45) is 5.92 Å². The van der Waals surface area contributed by atoms with E-state index in [4.69, 9.17) is 0 Å². The van der Waals surface area contributed by atoms with E-state index < -0.39 is 33.6 Å². The predicted octanol–water partition coefficient (Wildman–Crippen LogP) is 4.24. The Labute approximate surface area is 195 Å². The Balaban J connectivity index is 1.45. The van der Waals surface area contributed by atoms with Crippen LogP contribution in [0.3, 0.4) is 0 Å². The summed E-state index contributed by atoms with van der Waals surface area (Å²) in [6.07, 6.45) is -1.29. The molecule has 0 spiro atoms. The molecule has 1 aliphatic rings. The van der Waals surface area contributed by atoms with E-state index in [1.54, 1.807) is 18.2 Å². The van der Waals surface area contributed by atoms with Gasteiger partial charge in [-0.1, -0.05) is 17.7 Å². The largest absolute Gasteiger partial charge is 0.418 e. The Morgan fingerprint density at radius 1 is 1.09 bits per heavy atom. The van der Waals surface area contributed by atoms with Crippen LogP contribution in [0.4, 0.5) is 18.9 Å². The van der Waals surface area contributed by atoms with Crippen LogP contribution in [0.15, 0.2) is 65.8 Å². The van der Waals surface area contributed by atoms with Crippen LogP contribution in [-0.2, 0) is 21.0 Å². The second-order valence-corrected chi connectivity index (χ2v) is 10.1. The molecular weight excluding hydrogens is 469 g/mol. The van der Waals surface area contributed by atoms with Gasteiger partial charge in [-0.3, -0.25) is 4.79 Å². The molecule has 1 amide bonds. The molecule has 3 aromatic rings. The number of aryl methyl sites for hydroxylation is 1. The first kappa shape index (κ1) is 24.0. The number of piperidine rings is 1. The fraction of sp³-hybridized carbons (Fsp3) is 0.304. The molecule has 0 saturated carbocycles. The van der Waals surface area contributed by atoms with Crippen LogP contribution < -0.4 is 5.32 Å². The highest BCUT2D eigenvalue weighted by molar-refractivity contribution is 7.89. The number of carbonyl (C=O) groups is 1. The highest BCUT2D eigenvalue weighted by Crippen LogP contribution is 2.37. The minimum atomic E-state index is -4.68. The van der Waals surface area contributed by atoms with Crippen LogP contribution in [0.5, 0.6) is 0 Å². The molecule has 1 saturated heterocycles. The van der Waals surface area contributed by atoms with Crippen LogP contribution >= 0.6 is 0 Å². The number of nitrogens with one attached hydrogen (secondary N) is 1. The second kappa shape index (κ2) is 9.22. The summed E-state index contributed by atoms with van der Waals surface area (Å²) in [5, 5.41) is 6.33. The first-order chi connectivity index (χ1) is 16.1. The molecular formula is C23H23F3N4O3S. The molecule has 1 aromatic heterocycles. The highest BCUT2D eigenvalue weighted by Gasteiger charge is 2.36. The van der Waals surface area contributed by atoms with Gasteiger partial charge in [0.2, 0.25) is 15.9 Å². The van der Waals surface area contributed by atoms with E-state index in [0.29, 0.717) is 0 Å². The summed E-state index contributed by atoms with van der Waals surface area (Å²) in [6, 6.07) is 11.7. The van der Waals surface area contributed by atoms with E-state index in [2.05, 4.69) is 10.4 Å². The maximum Gasteiger partial charge on any atom is 0.418 e. The molecule has 7 nitrogen and oxygen atoms in total. The molecule has 1 fully saturated rings. The van der Waals surface area contributed by atoms with Crippen molar-refractivity contribution < 1.29 is 26.4 Å². The summed E-state index contributed by atoms with van der Waals surface area (Å²) in [5.74, 6) is -1.17. The Bertz CT molecular complexity index is 1270. The summed E-state index contributed by atoms with van der Waals surface area (Å²) in [7, 11) is -3.69. The van der Waals surface area contributed by atoms with Crippen molar-refractivity contribution in [3.05, 3.63) is 72.1 Å². The molecule has 0 aliphatic carbocycles. The Hall–Kier alpha value is -3.18. The van der Waals surface area contributed by atoms with Gasteiger partial charge in [0.1, 0.15) is 0 Å². The van der Waals surface area contributed by atoms with Crippen molar-refractivity contribution in [3.63, 3.8) is 0 Å². The minimum Gasteiger partial charge on any atom is -0.325 e. The fourth-order valence-corrected chi connectivity index (χ4v) is 5.36. The predicted molar refractivity (Wildman–Crippen MR) is 120 cm³/mol. The Morgan fingerprint density at radius 3 is 2.35 bits per heavy atom. The number of anilines is 1. The molecule has 11 heteroatoms. The van der Waals surface area contributed by atoms with Crippen LogP contribution in [0.2, 0.25) is 0 Å². The van der Waals surface area contributed by atoms with Crippen molar-refractivity contribution in [2.45, 2.75) is 30.8 Å². The van der Waals surface area contributed by atoms with E-state index >= 15 is 0 Å². The maximum atomic E-state index is 13.7. The lowest BCUT2D eigenvalue weighted by molar-refractivity contribution is -0.137. The number of hydrogen-bond acceptors (Lipinski definition) is 4. The minimum absolute atomic E-state index is 0.110. The number of carbonyl (C=O) groups excluding carboxylic acids is 1. The highest BCUT2D eigenvalue weighted by atomic mass is 32.2. The molecule has 0 atom stereocenters. The number of sulfonamides is 1. The van der Waals surface area contributed by atoms with E-state index in [0.717, 1.165) is 11.6 Å². The maximum absolute atomic E-state index is 13.7. The number of amides is 1. The number of aromatic nitrogens is 2. The van der Waals surface area contributed by atoms with Gasteiger partial charge in [0.05, 0.1) is 21.8 Å². The van der Waals surface area contributed by atoms with Gasteiger partial charge in [-0.15, -0.1) is 0 Å². The lowest BCUT2D eigenvalue weighted by atomic mass is 9.97. The molecule has 34 heavy (non-hydrogen) atoms. The zero-order valence-corrected chi connectivity index (χ0v) is 19.1. The third-order valence-electron chi connectivity index (χ3n) is 5.82. The van der Waals surface area contributed by atoms with Crippen molar-refractivity contribution >= 4 is 21.6 Å². The number of alkyl halides is 3. The zero-order valence-electron chi connectivity index (χ0n) is 18.3. The first-order valence-corrected chi connectivity index (χ1v) is 12.1. The third-order valence-corrected chi connectivity index (χ3v) is 7.73. The average molecular weight is 493 g/mol. The second-order valence-electron chi connectivity index (χ2n) is 8.16. The topological polar surface area (TPSA) is 84.3 Å². The summed E-state index contributed by atoms with van der Waals surface area (Å²) in [5.41, 5.74) is -0.175. The Kier molecular flexibility index (Phi) is 6.50. The smallest absolute Gasteiger partial charge is 0.325 e. The van der Waals surface area contributed by atoms with E-state index in [9.17, 15) is 26.4 Å². The van der Waals surface area contributed by atoms with Gasteiger partial charge < -0.3 is 5.32 Å². The van der Waals surface area contributed by atoms with Crippen LogP contribution in [0.1, 0.15) is 24.0 Å². The molecule has 0 radical (unpaired) electrons. The lowest BCUT2D eigenvalue weighted by Gasteiger charge is -2.30. The SMILES string of the molecule is Cc1ccc(S(=O)(=O)N2CCC(C(=O)Nc3ccc(-n4cccn4)cc3C(F)(F)F)CC2)cc1. The number of rotatable bonds is 5. The van der Waals surface area contributed by atoms with Crippen molar-refractivity contribution in [2.75, 3.05) is 18.4 Å². The first-order valence-electron chi connectivity index (χ1n) is 10.6. The standard InChI is InChI=1S/C23H23F3N4O3S/c1-16-3-6-19(7-4-16)34(32,33)29-13-9-17(10-14-29)22(31)28-21-8-5-18(30-12-2-11-27-30)15-20(21)23(24,25)26/h2-8,11-12,15,17H,9-10,13-14H2,1H3,(H,28,31). The molecule has 2 heterocycles. The van der Waals surface area contributed by atoms with Crippen molar-refractivity contribution in [1.29, 1.82) is 0 Å². The molecule has 2 aromatic carbocycles. The Morgan fingerprint density at radius 2 is 1.76 bits per heavy atom. The monoisotopic (exact) mass is 492 g/mol. The molecule has 1 N–H and O–H groups in total. The molecule has 0 unspecified atom stereocenters. The lowest BCUT2D eigenvalue weighted by Crippen LogP contribution is -2.41. The van der Waals surface area contributed by atoms with E-state index in [1.807, 2.05) is 6.92 Å². The summed E-state index contributed by atoms with van der Waals surface area (Å²) in [4.78, 5) is 12.9. The average Bonchev–Trinajstić information content (AvgIpc) is 3.34. The summed E-state index contributed by atoms with van der Waals surface area (Å²) < 4.78 is 69.3. The summed E-state index contributed by atoms with van der Waals surface area (Å²) in [6.45, 7) is 2.08. The molecule has 1 aliphatic heterocycles. The van der Waals surface area contributed by atoms with Gasteiger partial charge in [-0.05, 0) is 56.2 Å². The van der Waals surface area contributed by atoms with Crippen LogP contribution in [0, 0.1) is 12.8 Å². The normalized spacial score (nSPS) is 15.9. The van der Waals surface area contributed by atoms with Gasteiger partial charge in [-0.2, -0.15) is 22.6 Å². The molecule has 4 rings (SSSR count). The van der Waals surface area contributed by atoms with Gasteiger partial charge >= 0.3 is 6.18 Å². The van der Waals surface area contributed by atoms with E-state index in [-0.39, 0.29) is 42.2 Å². The number of benzene rings is 2. The zero-order chi connectivity index (χ0) is 24.5. The van der Waals surface area contributed by atoms with E-state index in [1.165, 1.54) is 45.6 Å². The van der Waals surface area contributed by atoms with Crippen molar-refractivity contribution in [3.8, 4) is 5.69 Å². The van der Waals surface area contributed by atoms with Gasteiger partial charge in [0.15, 0.2) is 0 Å². The number of nitrogens with zero attached hydrogens (tertiary/aromatic N) is 3. The molecule has 0 bridgehead atoms. The fourth-order valence-electron chi connectivity index (χ4n) is 3.89. The van der Waals surface area contributed by atoms with Crippen molar-refractivity contribution in [1.82, 2.24) is 14.1 Å². The molecule has 180 valence electrons.